The highest BCUT2D eigenvalue weighted by molar-refractivity contribution is 6.31. The van der Waals surface area contributed by atoms with Gasteiger partial charge in [-0.25, -0.2) is 4.39 Å². The molecule has 1 aromatic heterocycles. The summed E-state index contributed by atoms with van der Waals surface area (Å²) in [5.74, 6) is -1.01. The van der Waals surface area contributed by atoms with E-state index in [1.54, 1.807) is 12.1 Å². The molecule has 2 aromatic carbocycles. The summed E-state index contributed by atoms with van der Waals surface area (Å²) in [6.45, 7) is 0. The summed E-state index contributed by atoms with van der Waals surface area (Å²) in [4.78, 5) is 15.0. The molecule has 0 unspecified atom stereocenters. The first-order valence-corrected chi connectivity index (χ1v) is 6.49. The van der Waals surface area contributed by atoms with E-state index >= 15 is 0 Å². The van der Waals surface area contributed by atoms with E-state index in [0.29, 0.717) is 15.9 Å². The highest BCUT2D eigenvalue weighted by Gasteiger charge is 2.13. The number of hydrogen-bond donors (Lipinski definition) is 3. The molecular formula is C15H10ClFN2O2. The Bertz CT molecular complexity index is 845. The zero-order valence-corrected chi connectivity index (χ0v) is 11.4. The fourth-order valence-corrected chi connectivity index (χ4v) is 2.21. The monoisotopic (exact) mass is 304 g/mol. The van der Waals surface area contributed by atoms with Gasteiger partial charge in [0.25, 0.3) is 5.91 Å². The minimum Gasteiger partial charge on any atom is -0.506 e. The van der Waals surface area contributed by atoms with E-state index in [1.807, 2.05) is 0 Å². The Morgan fingerprint density at radius 3 is 2.81 bits per heavy atom. The molecule has 0 saturated carbocycles. The smallest absolute Gasteiger partial charge is 0.272 e. The molecule has 4 nitrogen and oxygen atoms in total. The lowest BCUT2D eigenvalue weighted by Gasteiger charge is -2.06. The van der Waals surface area contributed by atoms with Gasteiger partial charge in [0.05, 0.1) is 5.69 Å². The number of H-pyrrole nitrogens is 1. The van der Waals surface area contributed by atoms with Crippen LogP contribution in [0.5, 0.6) is 5.75 Å². The number of anilines is 1. The standard InChI is InChI=1S/C15H10ClFN2O2/c16-8-4-5-14(20)12(6-8)19-15(21)13-7-9-10(17)2-1-3-11(9)18-13/h1-7,18,20H,(H,19,21). The Hall–Kier alpha value is -2.53. The first-order valence-electron chi connectivity index (χ1n) is 6.12. The van der Waals surface area contributed by atoms with Crippen LogP contribution < -0.4 is 5.32 Å². The van der Waals surface area contributed by atoms with Crippen LogP contribution in [-0.2, 0) is 0 Å². The zero-order chi connectivity index (χ0) is 15.0. The van der Waals surface area contributed by atoms with E-state index in [0.717, 1.165) is 0 Å². The molecule has 21 heavy (non-hydrogen) atoms. The van der Waals surface area contributed by atoms with Crippen LogP contribution in [0.2, 0.25) is 5.02 Å². The molecule has 0 aliphatic rings. The SMILES string of the molecule is O=C(Nc1cc(Cl)ccc1O)c1cc2c(F)cccc2[nH]1. The quantitative estimate of drug-likeness (QED) is 0.628. The number of phenols is 1. The van der Waals surface area contributed by atoms with Gasteiger partial charge in [0, 0.05) is 15.9 Å². The summed E-state index contributed by atoms with van der Waals surface area (Å²) in [5.41, 5.74) is 0.900. The number of fused-ring (bicyclic) bond motifs is 1. The van der Waals surface area contributed by atoms with Gasteiger partial charge in [-0.1, -0.05) is 17.7 Å². The normalized spacial score (nSPS) is 10.8. The van der Waals surface area contributed by atoms with Crippen LogP contribution in [0.4, 0.5) is 10.1 Å². The number of nitrogens with one attached hydrogen (secondary N) is 2. The zero-order valence-electron chi connectivity index (χ0n) is 10.7. The summed E-state index contributed by atoms with van der Waals surface area (Å²) in [6.07, 6.45) is 0. The molecule has 0 aliphatic heterocycles. The minimum atomic E-state index is -0.497. The molecule has 0 bridgehead atoms. The lowest BCUT2D eigenvalue weighted by atomic mass is 10.2. The molecule has 3 N–H and O–H groups in total. The second kappa shape index (κ2) is 5.10. The van der Waals surface area contributed by atoms with E-state index in [-0.39, 0.29) is 17.1 Å². The van der Waals surface area contributed by atoms with Crippen molar-refractivity contribution in [1.29, 1.82) is 0 Å². The first kappa shape index (κ1) is 13.5. The molecule has 0 fully saturated rings. The number of carbonyl (C=O) groups excluding carboxylic acids is 1. The molecule has 0 spiro atoms. The predicted octanol–water partition coefficient (Wildman–Crippen LogP) is 3.92. The summed E-state index contributed by atoms with van der Waals surface area (Å²) < 4.78 is 13.6. The third-order valence-corrected chi connectivity index (χ3v) is 3.30. The molecule has 1 amide bonds. The van der Waals surface area contributed by atoms with Crippen LogP contribution >= 0.6 is 11.6 Å². The van der Waals surface area contributed by atoms with E-state index in [1.165, 1.54) is 30.3 Å². The van der Waals surface area contributed by atoms with Crippen molar-refractivity contribution >= 4 is 34.1 Å². The highest BCUT2D eigenvalue weighted by Crippen LogP contribution is 2.27. The van der Waals surface area contributed by atoms with Gasteiger partial charge in [-0.2, -0.15) is 0 Å². The molecule has 0 radical (unpaired) electrons. The lowest BCUT2D eigenvalue weighted by molar-refractivity contribution is 0.102. The van der Waals surface area contributed by atoms with E-state index in [9.17, 15) is 14.3 Å². The van der Waals surface area contributed by atoms with Crippen LogP contribution in [-0.4, -0.2) is 16.0 Å². The molecule has 0 atom stereocenters. The highest BCUT2D eigenvalue weighted by atomic mass is 35.5. The third kappa shape index (κ3) is 2.55. The number of aromatic amines is 1. The lowest BCUT2D eigenvalue weighted by Crippen LogP contribution is -2.12. The van der Waals surface area contributed by atoms with Crippen LogP contribution in [0.3, 0.4) is 0 Å². The predicted molar refractivity (Wildman–Crippen MR) is 79.3 cm³/mol. The van der Waals surface area contributed by atoms with Gasteiger partial charge in [0.1, 0.15) is 17.3 Å². The van der Waals surface area contributed by atoms with Crippen LogP contribution in [0, 0.1) is 5.82 Å². The number of carbonyl (C=O) groups is 1. The number of hydrogen-bond acceptors (Lipinski definition) is 2. The van der Waals surface area contributed by atoms with E-state index in [2.05, 4.69) is 10.3 Å². The summed E-state index contributed by atoms with van der Waals surface area (Å²) in [7, 11) is 0. The Morgan fingerprint density at radius 1 is 1.24 bits per heavy atom. The van der Waals surface area contributed by atoms with E-state index in [4.69, 9.17) is 11.6 Å². The average molecular weight is 305 g/mol. The van der Waals surface area contributed by atoms with Crippen molar-refractivity contribution in [3.63, 3.8) is 0 Å². The number of rotatable bonds is 2. The van der Waals surface area contributed by atoms with Gasteiger partial charge in [-0.05, 0) is 36.4 Å². The summed E-state index contributed by atoms with van der Waals surface area (Å²) >= 11 is 5.81. The topological polar surface area (TPSA) is 65.1 Å². The van der Waals surface area contributed by atoms with Crippen molar-refractivity contribution < 1.29 is 14.3 Å². The van der Waals surface area contributed by atoms with Crippen molar-refractivity contribution in [1.82, 2.24) is 4.98 Å². The van der Waals surface area contributed by atoms with E-state index < -0.39 is 11.7 Å². The first-order chi connectivity index (χ1) is 10.0. The van der Waals surface area contributed by atoms with Crippen molar-refractivity contribution in [3.8, 4) is 5.75 Å². The number of benzene rings is 2. The molecule has 106 valence electrons. The minimum absolute atomic E-state index is 0.102. The van der Waals surface area contributed by atoms with Gasteiger partial charge in [-0.3, -0.25) is 4.79 Å². The molecule has 0 saturated heterocycles. The number of aromatic nitrogens is 1. The molecule has 6 heteroatoms. The van der Waals surface area contributed by atoms with Crippen LogP contribution in [0.1, 0.15) is 10.5 Å². The molecule has 3 aromatic rings. The maximum Gasteiger partial charge on any atom is 0.272 e. The van der Waals surface area contributed by atoms with Gasteiger partial charge in [0.15, 0.2) is 0 Å². The fraction of sp³-hybridized carbons (Fsp3) is 0. The molecular weight excluding hydrogens is 295 g/mol. The third-order valence-electron chi connectivity index (χ3n) is 3.06. The van der Waals surface area contributed by atoms with Crippen molar-refractivity contribution in [2.24, 2.45) is 0 Å². The second-order valence-corrected chi connectivity index (χ2v) is 4.94. The summed E-state index contributed by atoms with van der Waals surface area (Å²) in [6, 6.07) is 10.3. The Morgan fingerprint density at radius 2 is 2.05 bits per heavy atom. The molecule has 1 heterocycles. The van der Waals surface area contributed by atoms with Crippen LogP contribution in [0.15, 0.2) is 42.5 Å². The second-order valence-electron chi connectivity index (χ2n) is 4.50. The van der Waals surface area contributed by atoms with Gasteiger partial charge in [0.2, 0.25) is 0 Å². The maximum absolute atomic E-state index is 13.6. The van der Waals surface area contributed by atoms with Gasteiger partial charge in [-0.15, -0.1) is 0 Å². The maximum atomic E-state index is 13.6. The largest absolute Gasteiger partial charge is 0.506 e. The van der Waals surface area contributed by atoms with Crippen molar-refractivity contribution in [3.05, 3.63) is 59.0 Å². The fourth-order valence-electron chi connectivity index (χ4n) is 2.04. The Balaban J connectivity index is 1.93. The number of aromatic hydroxyl groups is 1. The average Bonchev–Trinajstić information content (AvgIpc) is 2.88. The Kier molecular flexibility index (Phi) is 3.27. The van der Waals surface area contributed by atoms with Gasteiger partial charge >= 0.3 is 0 Å². The number of amides is 1. The number of phenolic OH excluding ortho intramolecular Hbond substituents is 1. The van der Waals surface area contributed by atoms with Crippen LogP contribution in [0.25, 0.3) is 10.9 Å². The van der Waals surface area contributed by atoms with Crippen molar-refractivity contribution in [2.45, 2.75) is 0 Å². The molecule has 0 aliphatic carbocycles. The Labute approximate surface area is 124 Å². The summed E-state index contributed by atoms with van der Waals surface area (Å²) in [5, 5.41) is 12.9. The van der Waals surface area contributed by atoms with Gasteiger partial charge < -0.3 is 15.4 Å². The van der Waals surface area contributed by atoms with Crippen molar-refractivity contribution in [2.75, 3.05) is 5.32 Å². The molecule has 3 rings (SSSR count). The number of halogens is 2.